The molecule has 1 aromatic rings. The first-order valence-corrected chi connectivity index (χ1v) is 6.03. The van der Waals surface area contributed by atoms with Crippen LogP contribution >= 0.6 is 0 Å². The van der Waals surface area contributed by atoms with Gasteiger partial charge in [-0.25, -0.2) is 0 Å². The number of rotatable bonds is 8. The Hall–Kier alpha value is -1.75. The van der Waals surface area contributed by atoms with Crippen LogP contribution in [0, 0.1) is 0 Å². The molecule has 1 aromatic carbocycles. The topological polar surface area (TPSA) is 59.6 Å². The van der Waals surface area contributed by atoms with Gasteiger partial charge in [0.2, 0.25) is 0 Å². The molecule has 0 radical (unpaired) electrons. The zero-order valence-electron chi connectivity index (χ0n) is 10.9. The summed E-state index contributed by atoms with van der Waals surface area (Å²) < 4.78 is 10.8. The van der Waals surface area contributed by atoms with Gasteiger partial charge in [-0.1, -0.05) is 12.1 Å². The predicted molar refractivity (Wildman–Crippen MR) is 70.0 cm³/mol. The molecule has 0 saturated carbocycles. The van der Waals surface area contributed by atoms with Gasteiger partial charge in [-0.3, -0.25) is 4.79 Å². The second-order valence-electron chi connectivity index (χ2n) is 3.62. The number of para-hydroxylation sites is 2. The first-order chi connectivity index (χ1) is 8.77. The minimum absolute atomic E-state index is 0.00615. The van der Waals surface area contributed by atoms with Crippen molar-refractivity contribution in [1.29, 1.82) is 0 Å². The summed E-state index contributed by atoms with van der Waals surface area (Å²) in [5.74, 6) is 1.10. The van der Waals surface area contributed by atoms with Crippen molar-refractivity contribution in [1.82, 2.24) is 10.6 Å². The molecule has 0 saturated heterocycles. The third-order valence-corrected chi connectivity index (χ3v) is 2.20. The number of carbonyl (C=O) groups is 1. The van der Waals surface area contributed by atoms with Crippen molar-refractivity contribution >= 4 is 5.91 Å². The summed E-state index contributed by atoms with van der Waals surface area (Å²) in [6, 6.07) is 7.31. The number of hydrogen-bond acceptors (Lipinski definition) is 4. The largest absolute Gasteiger partial charge is 0.490 e. The Morgan fingerprint density at radius 1 is 1.17 bits per heavy atom. The molecule has 18 heavy (non-hydrogen) atoms. The van der Waals surface area contributed by atoms with Crippen molar-refractivity contribution < 1.29 is 14.3 Å². The van der Waals surface area contributed by atoms with Gasteiger partial charge in [0.05, 0.1) is 6.61 Å². The molecule has 5 nitrogen and oxygen atoms in total. The number of hydrogen-bond donors (Lipinski definition) is 2. The van der Waals surface area contributed by atoms with Crippen LogP contribution in [-0.2, 0) is 4.79 Å². The fraction of sp³-hybridized carbons (Fsp3) is 0.462. The molecule has 0 bridgehead atoms. The Morgan fingerprint density at radius 3 is 2.44 bits per heavy atom. The molecule has 0 heterocycles. The standard InChI is InChI=1S/C13H20N2O3/c1-3-17-11-6-4-5-7-12(11)18-10-13(16)15-9-8-14-2/h4-7,14H,3,8-10H2,1-2H3,(H,15,16). The lowest BCUT2D eigenvalue weighted by Crippen LogP contribution is -2.33. The Bertz CT molecular complexity index is 369. The van der Waals surface area contributed by atoms with E-state index in [4.69, 9.17) is 9.47 Å². The molecular formula is C13H20N2O3. The highest BCUT2D eigenvalue weighted by Crippen LogP contribution is 2.25. The molecule has 5 heteroatoms. The molecule has 0 aliphatic heterocycles. The van der Waals surface area contributed by atoms with E-state index in [2.05, 4.69) is 10.6 Å². The lowest BCUT2D eigenvalue weighted by Gasteiger charge is -2.11. The Morgan fingerprint density at radius 2 is 1.83 bits per heavy atom. The van der Waals surface area contributed by atoms with E-state index in [0.29, 0.717) is 24.7 Å². The van der Waals surface area contributed by atoms with Crippen LogP contribution in [0.1, 0.15) is 6.92 Å². The van der Waals surface area contributed by atoms with E-state index in [1.54, 1.807) is 6.07 Å². The minimum atomic E-state index is -0.142. The van der Waals surface area contributed by atoms with Crippen molar-refractivity contribution in [3.05, 3.63) is 24.3 Å². The molecule has 1 rings (SSSR count). The SMILES string of the molecule is CCOc1ccccc1OCC(=O)NCCNC. The third-order valence-electron chi connectivity index (χ3n) is 2.20. The Kier molecular flexibility index (Phi) is 6.64. The van der Waals surface area contributed by atoms with E-state index in [0.717, 1.165) is 6.54 Å². The Labute approximate surface area is 107 Å². The normalized spacial score (nSPS) is 9.89. The maximum Gasteiger partial charge on any atom is 0.257 e. The van der Waals surface area contributed by atoms with Crippen molar-refractivity contribution in [3.63, 3.8) is 0 Å². The van der Waals surface area contributed by atoms with Gasteiger partial charge >= 0.3 is 0 Å². The number of nitrogens with one attached hydrogen (secondary N) is 2. The lowest BCUT2D eigenvalue weighted by molar-refractivity contribution is -0.123. The summed E-state index contributed by atoms with van der Waals surface area (Å²) in [6.07, 6.45) is 0. The van der Waals surface area contributed by atoms with Gasteiger partial charge in [0.25, 0.3) is 5.91 Å². The molecular weight excluding hydrogens is 232 g/mol. The molecule has 0 fully saturated rings. The summed E-state index contributed by atoms with van der Waals surface area (Å²) in [5, 5.41) is 5.69. The zero-order chi connectivity index (χ0) is 13.2. The van der Waals surface area contributed by atoms with Gasteiger partial charge in [0.1, 0.15) is 0 Å². The maximum atomic E-state index is 11.5. The van der Waals surface area contributed by atoms with Gasteiger partial charge in [-0.2, -0.15) is 0 Å². The van der Waals surface area contributed by atoms with Crippen LogP contribution in [0.25, 0.3) is 0 Å². The van der Waals surface area contributed by atoms with Crippen LogP contribution in [-0.4, -0.2) is 39.3 Å². The smallest absolute Gasteiger partial charge is 0.257 e. The van der Waals surface area contributed by atoms with E-state index >= 15 is 0 Å². The van der Waals surface area contributed by atoms with Crippen LogP contribution < -0.4 is 20.1 Å². The van der Waals surface area contributed by atoms with Crippen LogP contribution in [0.3, 0.4) is 0 Å². The van der Waals surface area contributed by atoms with Crippen molar-refractivity contribution in [2.75, 3.05) is 33.4 Å². The first-order valence-electron chi connectivity index (χ1n) is 6.03. The highest BCUT2D eigenvalue weighted by Gasteiger charge is 2.06. The van der Waals surface area contributed by atoms with E-state index < -0.39 is 0 Å². The van der Waals surface area contributed by atoms with Crippen molar-refractivity contribution in [2.45, 2.75) is 6.92 Å². The summed E-state index contributed by atoms with van der Waals surface area (Å²) in [6.45, 7) is 3.79. The van der Waals surface area contributed by atoms with Crippen LogP contribution in [0.5, 0.6) is 11.5 Å². The Balaban J connectivity index is 2.40. The van der Waals surface area contributed by atoms with Crippen LogP contribution in [0.15, 0.2) is 24.3 Å². The second kappa shape index (κ2) is 8.36. The van der Waals surface area contributed by atoms with Gasteiger partial charge in [0, 0.05) is 13.1 Å². The molecule has 0 spiro atoms. The number of benzene rings is 1. The van der Waals surface area contributed by atoms with E-state index in [1.165, 1.54) is 0 Å². The van der Waals surface area contributed by atoms with Crippen molar-refractivity contribution in [2.24, 2.45) is 0 Å². The monoisotopic (exact) mass is 252 g/mol. The molecule has 0 unspecified atom stereocenters. The second-order valence-corrected chi connectivity index (χ2v) is 3.62. The quantitative estimate of drug-likeness (QED) is 0.672. The van der Waals surface area contributed by atoms with E-state index in [9.17, 15) is 4.79 Å². The molecule has 1 amide bonds. The summed E-state index contributed by atoms with van der Waals surface area (Å²) >= 11 is 0. The summed E-state index contributed by atoms with van der Waals surface area (Å²) in [5.41, 5.74) is 0. The van der Waals surface area contributed by atoms with Crippen LogP contribution in [0.4, 0.5) is 0 Å². The molecule has 0 aromatic heterocycles. The average molecular weight is 252 g/mol. The van der Waals surface area contributed by atoms with Gasteiger partial charge < -0.3 is 20.1 Å². The van der Waals surface area contributed by atoms with Gasteiger partial charge in [-0.15, -0.1) is 0 Å². The maximum absolute atomic E-state index is 11.5. The fourth-order valence-corrected chi connectivity index (χ4v) is 1.37. The number of likely N-dealkylation sites (N-methyl/N-ethyl adjacent to an activating group) is 1. The van der Waals surface area contributed by atoms with Gasteiger partial charge in [0.15, 0.2) is 18.1 Å². The summed E-state index contributed by atoms with van der Waals surface area (Å²) in [7, 11) is 1.83. The van der Waals surface area contributed by atoms with Gasteiger partial charge in [-0.05, 0) is 26.1 Å². The molecule has 0 aliphatic carbocycles. The van der Waals surface area contributed by atoms with Crippen molar-refractivity contribution in [3.8, 4) is 11.5 Å². The highest BCUT2D eigenvalue weighted by molar-refractivity contribution is 5.77. The molecule has 0 atom stereocenters. The minimum Gasteiger partial charge on any atom is -0.490 e. The lowest BCUT2D eigenvalue weighted by atomic mass is 10.3. The average Bonchev–Trinajstić information content (AvgIpc) is 2.38. The van der Waals surface area contributed by atoms with E-state index in [-0.39, 0.29) is 12.5 Å². The highest BCUT2D eigenvalue weighted by atomic mass is 16.5. The molecule has 0 aliphatic rings. The molecule has 100 valence electrons. The number of carbonyl (C=O) groups excluding carboxylic acids is 1. The number of amides is 1. The number of ether oxygens (including phenoxy) is 2. The summed E-state index contributed by atoms with van der Waals surface area (Å²) in [4.78, 5) is 11.5. The fourth-order valence-electron chi connectivity index (χ4n) is 1.37. The molecule has 2 N–H and O–H groups in total. The predicted octanol–water partition coefficient (Wildman–Crippen LogP) is 0.800. The van der Waals surface area contributed by atoms with E-state index in [1.807, 2.05) is 32.2 Å². The first kappa shape index (κ1) is 14.3. The third kappa shape index (κ3) is 5.05. The zero-order valence-corrected chi connectivity index (χ0v) is 10.9. The van der Waals surface area contributed by atoms with Crippen LogP contribution in [0.2, 0.25) is 0 Å².